The molecule has 0 saturated heterocycles. The van der Waals surface area contributed by atoms with Gasteiger partial charge in [-0.3, -0.25) is 0 Å². The summed E-state index contributed by atoms with van der Waals surface area (Å²) >= 11 is 0. The van der Waals surface area contributed by atoms with Gasteiger partial charge in [-0.1, -0.05) is 13.0 Å². The monoisotopic (exact) mass is 248 g/mol. The van der Waals surface area contributed by atoms with Crippen LogP contribution >= 0.6 is 0 Å². The molecular formula is C14H17FN2O. The molecule has 0 aliphatic carbocycles. The summed E-state index contributed by atoms with van der Waals surface area (Å²) in [5.74, 6) is 0.303. The lowest BCUT2D eigenvalue weighted by molar-refractivity contribution is 0.293. The molecule has 0 fully saturated rings. The zero-order valence-electron chi connectivity index (χ0n) is 10.7. The second-order valence-electron chi connectivity index (χ2n) is 4.28. The number of ether oxygens (including phenoxy) is 1. The molecule has 0 saturated carbocycles. The molecule has 96 valence electrons. The molecule has 1 aromatic carbocycles. The molecule has 0 unspecified atom stereocenters. The lowest BCUT2D eigenvalue weighted by Crippen LogP contribution is -2.05. The first kappa shape index (κ1) is 12.6. The molecule has 2 rings (SSSR count). The molecular weight excluding hydrogens is 231 g/mol. The van der Waals surface area contributed by atoms with Gasteiger partial charge in [0.25, 0.3) is 0 Å². The smallest absolute Gasteiger partial charge is 0.130 e. The molecule has 0 aliphatic rings. The third kappa shape index (κ3) is 2.88. The van der Waals surface area contributed by atoms with E-state index in [4.69, 9.17) is 4.74 Å². The van der Waals surface area contributed by atoms with Crippen molar-refractivity contribution in [1.82, 2.24) is 9.55 Å². The molecule has 2 aromatic rings. The van der Waals surface area contributed by atoms with Crippen molar-refractivity contribution in [2.45, 2.75) is 33.4 Å². The third-order valence-electron chi connectivity index (χ3n) is 2.79. The molecule has 1 aromatic heterocycles. The summed E-state index contributed by atoms with van der Waals surface area (Å²) < 4.78 is 21.0. The standard InChI is InChI=1S/C14H17FN2O/c1-3-6-17-10-16-8-12(17)9-18-13-5-4-11(2)14(15)7-13/h4-5,7-8,10H,3,6,9H2,1-2H3. The van der Waals surface area contributed by atoms with E-state index in [0.717, 1.165) is 18.7 Å². The van der Waals surface area contributed by atoms with Crippen LogP contribution in [0.4, 0.5) is 4.39 Å². The van der Waals surface area contributed by atoms with Gasteiger partial charge >= 0.3 is 0 Å². The van der Waals surface area contributed by atoms with Crippen molar-refractivity contribution in [3.8, 4) is 5.75 Å². The minimum atomic E-state index is -0.241. The Kier molecular flexibility index (Phi) is 3.97. The van der Waals surface area contributed by atoms with Crippen molar-refractivity contribution in [2.24, 2.45) is 0 Å². The number of nitrogens with zero attached hydrogens (tertiary/aromatic N) is 2. The molecule has 18 heavy (non-hydrogen) atoms. The van der Waals surface area contributed by atoms with E-state index in [-0.39, 0.29) is 5.82 Å². The van der Waals surface area contributed by atoms with E-state index >= 15 is 0 Å². The van der Waals surface area contributed by atoms with Crippen molar-refractivity contribution in [2.75, 3.05) is 0 Å². The van der Waals surface area contributed by atoms with Crippen molar-refractivity contribution in [3.63, 3.8) is 0 Å². The van der Waals surface area contributed by atoms with Gasteiger partial charge < -0.3 is 9.30 Å². The highest BCUT2D eigenvalue weighted by Gasteiger charge is 2.04. The molecule has 0 spiro atoms. The number of rotatable bonds is 5. The fraction of sp³-hybridized carbons (Fsp3) is 0.357. The number of benzene rings is 1. The Morgan fingerprint density at radius 1 is 1.39 bits per heavy atom. The zero-order valence-corrected chi connectivity index (χ0v) is 10.7. The van der Waals surface area contributed by atoms with Gasteiger partial charge in [0.05, 0.1) is 18.2 Å². The van der Waals surface area contributed by atoms with Crippen LogP contribution in [0, 0.1) is 12.7 Å². The van der Waals surface area contributed by atoms with E-state index in [2.05, 4.69) is 11.9 Å². The number of hydrogen-bond acceptors (Lipinski definition) is 2. The van der Waals surface area contributed by atoms with E-state index in [1.54, 1.807) is 31.6 Å². The van der Waals surface area contributed by atoms with Crippen LogP contribution in [0.3, 0.4) is 0 Å². The summed E-state index contributed by atoms with van der Waals surface area (Å²) in [6, 6.07) is 4.91. The Labute approximate surface area is 106 Å². The first-order valence-corrected chi connectivity index (χ1v) is 6.08. The molecule has 0 amide bonds. The van der Waals surface area contributed by atoms with Gasteiger partial charge in [-0.05, 0) is 25.0 Å². The number of aromatic nitrogens is 2. The van der Waals surface area contributed by atoms with Crippen LogP contribution in [0.2, 0.25) is 0 Å². The van der Waals surface area contributed by atoms with Crippen LogP contribution < -0.4 is 4.74 Å². The van der Waals surface area contributed by atoms with E-state index in [9.17, 15) is 4.39 Å². The number of halogens is 1. The summed E-state index contributed by atoms with van der Waals surface area (Å²) in [4.78, 5) is 4.09. The molecule has 0 bridgehead atoms. The Morgan fingerprint density at radius 2 is 2.22 bits per heavy atom. The third-order valence-corrected chi connectivity index (χ3v) is 2.79. The number of hydrogen-bond donors (Lipinski definition) is 0. The van der Waals surface area contributed by atoms with Gasteiger partial charge in [0.1, 0.15) is 18.2 Å². The normalized spacial score (nSPS) is 10.6. The van der Waals surface area contributed by atoms with Gasteiger partial charge in [-0.2, -0.15) is 0 Å². The Hall–Kier alpha value is -1.84. The highest BCUT2D eigenvalue weighted by atomic mass is 19.1. The average Bonchev–Trinajstić information content (AvgIpc) is 2.79. The summed E-state index contributed by atoms with van der Waals surface area (Å²) in [6.07, 6.45) is 4.61. The maximum absolute atomic E-state index is 13.3. The average molecular weight is 248 g/mol. The molecule has 3 nitrogen and oxygen atoms in total. The van der Waals surface area contributed by atoms with E-state index in [0.29, 0.717) is 17.9 Å². The predicted molar refractivity (Wildman–Crippen MR) is 68.0 cm³/mol. The quantitative estimate of drug-likeness (QED) is 0.811. The van der Waals surface area contributed by atoms with E-state index in [1.807, 2.05) is 4.57 Å². The van der Waals surface area contributed by atoms with Crippen molar-refractivity contribution < 1.29 is 9.13 Å². The van der Waals surface area contributed by atoms with Crippen molar-refractivity contribution >= 4 is 0 Å². The number of imidazole rings is 1. The number of aryl methyl sites for hydroxylation is 2. The Morgan fingerprint density at radius 3 is 2.94 bits per heavy atom. The fourth-order valence-electron chi connectivity index (χ4n) is 1.73. The molecule has 0 N–H and O–H groups in total. The van der Waals surface area contributed by atoms with Crippen LogP contribution in [-0.2, 0) is 13.2 Å². The fourth-order valence-corrected chi connectivity index (χ4v) is 1.73. The summed E-state index contributed by atoms with van der Waals surface area (Å²) in [5, 5.41) is 0. The highest BCUT2D eigenvalue weighted by Crippen LogP contribution is 2.17. The minimum Gasteiger partial charge on any atom is -0.487 e. The van der Waals surface area contributed by atoms with Crippen LogP contribution in [0.1, 0.15) is 24.6 Å². The molecule has 0 radical (unpaired) electrons. The van der Waals surface area contributed by atoms with Crippen LogP contribution in [0.5, 0.6) is 5.75 Å². The van der Waals surface area contributed by atoms with Crippen molar-refractivity contribution in [3.05, 3.63) is 47.8 Å². The van der Waals surface area contributed by atoms with E-state index in [1.165, 1.54) is 6.07 Å². The lowest BCUT2D eigenvalue weighted by Gasteiger charge is -2.09. The molecule has 4 heteroatoms. The van der Waals surface area contributed by atoms with Crippen molar-refractivity contribution in [1.29, 1.82) is 0 Å². The SMILES string of the molecule is CCCn1cncc1COc1ccc(C)c(F)c1. The maximum atomic E-state index is 13.3. The van der Waals surface area contributed by atoms with Gasteiger partial charge in [0, 0.05) is 12.6 Å². The largest absolute Gasteiger partial charge is 0.487 e. The Balaban J connectivity index is 2.02. The summed E-state index contributed by atoms with van der Waals surface area (Å²) in [7, 11) is 0. The predicted octanol–water partition coefficient (Wildman–Crippen LogP) is 3.32. The topological polar surface area (TPSA) is 27.1 Å². The van der Waals surface area contributed by atoms with E-state index < -0.39 is 0 Å². The molecule has 1 heterocycles. The van der Waals surface area contributed by atoms with Gasteiger partial charge in [-0.25, -0.2) is 9.37 Å². The second kappa shape index (κ2) is 5.67. The highest BCUT2D eigenvalue weighted by molar-refractivity contribution is 5.28. The maximum Gasteiger partial charge on any atom is 0.130 e. The van der Waals surface area contributed by atoms with Crippen LogP contribution in [0.25, 0.3) is 0 Å². The van der Waals surface area contributed by atoms with Crippen LogP contribution in [-0.4, -0.2) is 9.55 Å². The summed E-state index contributed by atoms with van der Waals surface area (Å²) in [6.45, 7) is 5.17. The van der Waals surface area contributed by atoms with Crippen LogP contribution in [0.15, 0.2) is 30.7 Å². The first-order chi connectivity index (χ1) is 8.70. The first-order valence-electron chi connectivity index (χ1n) is 6.08. The molecule has 0 atom stereocenters. The van der Waals surface area contributed by atoms with Gasteiger partial charge in [0.15, 0.2) is 0 Å². The lowest BCUT2D eigenvalue weighted by atomic mass is 10.2. The zero-order chi connectivity index (χ0) is 13.0. The molecule has 0 aliphatic heterocycles. The minimum absolute atomic E-state index is 0.241. The van der Waals surface area contributed by atoms with Gasteiger partial charge in [0.2, 0.25) is 0 Å². The Bertz CT molecular complexity index is 522. The second-order valence-corrected chi connectivity index (χ2v) is 4.28. The summed E-state index contributed by atoms with van der Waals surface area (Å²) in [5.41, 5.74) is 1.62. The van der Waals surface area contributed by atoms with Gasteiger partial charge in [-0.15, -0.1) is 0 Å².